The van der Waals surface area contributed by atoms with E-state index in [2.05, 4.69) is 0 Å². The highest BCUT2D eigenvalue weighted by Gasteiger charge is 1.90. The number of halogens is 2. The van der Waals surface area contributed by atoms with Gasteiger partial charge in [-0.3, -0.25) is 9.18 Å². The second-order valence-electron chi connectivity index (χ2n) is 1.29. The monoisotopic (exact) mass is 138 g/mol. The van der Waals surface area contributed by atoms with E-state index >= 15 is 0 Å². The number of hydrogen-bond acceptors (Lipinski definition) is 1. The quantitative estimate of drug-likeness (QED) is 0.569. The van der Waals surface area contributed by atoms with Crippen molar-refractivity contribution < 1.29 is 13.6 Å². The van der Waals surface area contributed by atoms with E-state index in [4.69, 9.17) is 0 Å². The summed E-state index contributed by atoms with van der Waals surface area (Å²) in [5, 5.41) is 0. The molecule has 0 unspecified atom stereocenters. The molecule has 0 amide bonds. The fraction of sp³-hybridized carbons (Fsp3) is 0.833. The standard InChI is InChI=1S/C4H7FO.C2H5F/c1-2-4(6)3-5;1-2-3/h2-3H2,1H3;2H2,1H3. The molecule has 9 heavy (non-hydrogen) atoms. The van der Waals surface area contributed by atoms with Crippen LogP contribution >= 0.6 is 0 Å². The number of ketones is 1. The van der Waals surface area contributed by atoms with Crippen LogP contribution in [-0.2, 0) is 4.79 Å². The van der Waals surface area contributed by atoms with Gasteiger partial charge in [0.15, 0.2) is 5.78 Å². The average molecular weight is 138 g/mol. The molecule has 0 rings (SSSR count). The summed E-state index contributed by atoms with van der Waals surface area (Å²) in [5.74, 6) is -0.324. The Bertz CT molecular complexity index is 58.1. The molecule has 0 saturated carbocycles. The fourth-order valence-corrected chi connectivity index (χ4v) is 0.0945. The third kappa shape index (κ3) is 18.5. The van der Waals surface area contributed by atoms with Gasteiger partial charge in [-0.25, -0.2) is 4.39 Å². The molecular formula is C6H12F2O. The molecule has 0 aliphatic heterocycles. The minimum Gasteiger partial charge on any atom is -0.297 e. The number of hydrogen-bond donors (Lipinski definition) is 0. The van der Waals surface area contributed by atoms with Crippen LogP contribution in [0.1, 0.15) is 20.3 Å². The lowest BCUT2D eigenvalue weighted by atomic mass is 10.3. The molecular weight excluding hydrogens is 126 g/mol. The predicted molar refractivity (Wildman–Crippen MR) is 32.9 cm³/mol. The lowest BCUT2D eigenvalue weighted by Gasteiger charge is -1.78. The maximum absolute atomic E-state index is 11.0. The van der Waals surface area contributed by atoms with Gasteiger partial charge >= 0.3 is 0 Å². The smallest absolute Gasteiger partial charge is 0.163 e. The van der Waals surface area contributed by atoms with Gasteiger partial charge in [0, 0.05) is 6.42 Å². The molecule has 0 aromatic carbocycles. The van der Waals surface area contributed by atoms with E-state index in [-0.39, 0.29) is 12.5 Å². The van der Waals surface area contributed by atoms with Gasteiger partial charge in [0.1, 0.15) is 6.67 Å². The minimum atomic E-state index is -0.809. The van der Waals surface area contributed by atoms with Crippen molar-refractivity contribution in [1.29, 1.82) is 0 Å². The zero-order valence-electron chi connectivity index (χ0n) is 5.79. The van der Waals surface area contributed by atoms with Gasteiger partial charge in [0.2, 0.25) is 0 Å². The van der Waals surface area contributed by atoms with Gasteiger partial charge in [-0.1, -0.05) is 6.92 Å². The average Bonchev–Trinajstić information content (AvgIpc) is 1.88. The van der Waals surface area contributed by atoms with E-state index in [1.807, 2.05) is 0 Å². The molecule has 0 aromatic rings. The van der Waals surface area contributed by atoms with E-state index in [0.29, 0.717) is 6.42 Å². The highest BCUT2D eigenvalue weighted by molar-refractivity contribution is 5.79. The van der Waals surface area contributed by atoms with E-state index < -0.39 is 6.67 Å². The zero-order chi connectivity index (χ0) is 7.70. The van der Waals surface area contributed by atoms with Gasteiger partial charge in [0.05, 0.1) is 6.67 Å². The van der Waals surface area contributed by atoms with Crippen LogP contribution < -0.4 is 0 Å². The lowest BCUT2D eigenvalue weighted by Crippen LogP contribution is -1.94. The first-order valence-electron chi connectivity index (χ1n) is 2.86. The summed E-state index contributed by atoms with van der Waals surface area (Å²) < 4.78 is 21.3. The molecule has 1 nitrogen and oxygen atoms in total. The summed E-state index contributed by atoms with van der Waals surface area (Å²) in [6.45, 7) is 2.04. The van der Waals surface area contributed by atoms with Crippen LogP contribution in [-0.4, -0.2) is 19.1 Å². The summed E-state index contributed by atoms with van der Waals surface area (Å²) in [5.41, 5.74) is 0. The van der Waals surface area contributed by atoms with Crippen molar-refractivity contribution >= 4 is 5.78 Å². The Kier molecular flexibility index (Phi) is 13.2. The Hall–Kier alpha value is -0.470. The van der Waals surface area contributed by atoms with E-state index in [1.54, 1.807) is 6.92 Å². The van der Waals surface area contributed by atoms with Gasteiger partial charge in [-0.2, -0.15) is 0 Å². The molecule has 56 valence electrons. The van der Waals surface area contributed by atoms with Gasteiger partial charge in [0.25, 0.3) is 0 Å². The molecule has 0 bridgehead atoms. The number of carbonyl (C=O) groups excluding carboxylic acids is 1. The second kappa shape index (κ2) is 10.5. The first kappa shape index (κ1) is 11.3. The van der Waals surface area contributed by atoms with Gasteiger partial charge in [-0.05, 0) is 6.92 Å². The van der Waals surface area contributed by atoms with Crippen LogP contribution in [0.3, 0.4) is 0 Å². The molecule has 0 fully saturated rings. The van der Waals surface area contributed by atoms with E-state index in [9.17, 15) is 13.6 Å². The van der Waals surface area contributed by atoms with Crippen molar-refractivity contribution in [1.82, 2.24) is 0 Å². The minimum absolute atomic E-state index is 0.250. The molecule has 0 aliphatic rings. The van der Waals surface area contributed by atoms with Crippen LogP contribution in [0.25, 0.3) is 0 Å². The summed E-state index contributed by atoms with van der Waals surface area (Å²) >= 11 is 0. The van der Waals surface area contributed by atoms with Crippen LogP contribution in [0, 0.1) is 0 Å². The first-order chi connectivity index (χ1) is 4.22. The molecule has 0 aromatic heterocycles. The maximum atomic E-state index is 11.0. The van der Waals surface area contributed by atoms with Crippen LogP contribution in [0.4, 0.5) is 8.78 Å². The molecule has 0 N–H and O–H groups in total. The molecule has 0 atom stereocenters. The zero-order valence-corrected chi connectivity index (χ0v) is 5.79. The summed E-state index contributed by atoms with van der Waals surface area (Å²) in [7, 11) is 0. The third-order valence-electron chi connectivity index (χ3n) is 0.543. The molecule has 0 radical (unpaired) electrons. The Morgan fingerprint density at radius 3 is 1.67 bits per heavy atom. The summed E-state index contributed by atoms with van der Waals surface area (Å²) in [6.07, 6.45) is 0.316. The first-order valence-corrected chi connectivity index (χ1v) is 2.86. The SMILES string of the molecule is CCC(=O)CF.CCF. The number of rotatable bonds is 2. The highest BCUT2D eigenvalue weighted by atomic mass is 19.1. The van der Waals surface area contributed by atoms with E-state index in [0.717, 1.165) is 0 Å². The fourth-order valence-electron chi connectivity index (χ4n) is 0.0945. The van der Waals surface area contributed by atoms with Crippen LogP contribution in [0.5, 0.6) is 0 Å². The normalized spacial score (nSPS) is 7.56. The number of Topliss-reactive ketones (excluding diaryl/α,β-unsaturated/α-hetero) is 1. The van der Waals surface area contributed by atoms with Gasteiger partial charge < -0.3 is 0 Å². The predicted octanol–water partition coefficient (Wildman–Crippen LogP) is 1.91. The maximum Gasteiger partial charge on any atom is 0.163 e. The Labute approximate surface area is 54.1 Å². The molecule has 0 aliphatic carbocycles. The third-order valence-corrected chi connectivity index (χ3v) is 0.543. The van der Waals surface area contributed by atoms with E-state index in [1.165, 1.54) is 6.92 Å². The Morgan fingerprint density at radius 1 is 1.33 bits per heavy atom. The lowest BCUT2D eigenvalue weighted by molar-refractivity contribution is -0.119. The Morgan fingerprint density at radius 2 is 1.67 bits per heavy atom. The molecule has 3 heteroatoms. The van der Waals surface area contributed by atoms with Crippen molar-refractivity contribution in [2.45, 2.75) is 20.3 Å². The summed E-state index contributed by atoms with van der Waals surface area (Å²) in [6, 6.07) is 0. The molecule has 0 spiro atoms. The molecule has 0 saturated heterocycles. The van der Waals surface area contributed by atoms with Crippen LogP contribution in [0.15, 0.2) is 0 Å². The molecule has 0 heterocycles. The highest BCUT2D eigenvalue weighted by Crippen LogP contribution is 1.78. The van der Waals surface area contributed by atoms with Crippen LogP contribution in [0.2, 0.25) is 0 Å². The Balaban J connectivity index is 0. The van der Waals surface area contributed by atoms with Crippen molar-refractivity contribution in [2.75, 3.05) is 13.3 Å². The number of alkyl halides is 2. The second-order valence-corrected chi connectivity index (χ2v) is 1.29. The van der Waals surface area contributed by atoms with Crippen molar-refractivity contribution in [3.63, 3.8) is 0 Å². The summed E-state index contributed by atoms with van der Waals surface area (Å²) in [4.78, 5) is 9.81. The topological polar surface area (TPSA) is 17.1 Å². The van der Waals surface area contributed by atoms with Crippen molar-refractivity contribution in [2.24, 2.45) is 0 Å². The largest absolute Gasteiger partial charge is 0.297 e. The van der Waals surface area contributed by atoms with Crippen molar-refractivity contribution in [3.05, 3.63) is 0 Å². The van der Waals surface area contributed by atoms with Gasteiger partial charge in [-0.15, -0.1) is 0 Å². The number of carbonyl (C=O) groups is 1. The van der Waals surface area contributed by atoms with Crippen molar-refractivity contribution in [3.8, 4) is 0 Å².